The number of nitrogens with one attached hydrogen (secondary N) is 2. The molecule has 5 aromatic rings. The second-order valence-electron chi connectivity index (χ2n) is 17.4. The quantitative estimate of drug-likeness (QED) is 0.0358. The summed E-state index contributed by atoms with van der Waals surface area (Å²) in [5, 5.41) is 28.9. The average Bonchev–Trinajstić information content (AvgIpc) is 3.91. The fourth-order valence-corrected chi connectivity index (χ4v) is 13.4. The second kappa shape index (κ2) is 21.1. The minimum atomic E-state index is -5.68. The van der Waals surface area contributed by atoms with Crippen LogP contribution in [-0.2, 0) is 56.4 Å². The van der Waals surface area contributed by atoms with E-state index in [1.165, 1.54) is 23.0 Å². The number of imidazole rings is 1. The molecule has 0 bridgehead atoms. The number of ether oxygens (including phenoxy) is 3. The van der Waals surface area contributed by atoms with Gasteiger partial charge in [-0.05, 0) is 86.4 Å². The van der Waals surface area contributed by atoms with Crippen LogP contribution in [0.15, 0.2) is 55.1 Å². The highest BCUT2D eigenvalue weighted by Crippen LogP contribution is 2.66. The van der Waals surface area contributed by atoms with Crippen molar-refractivity contribution in [2.75, 3.05) is 56.5 Å². The molecule has 0 saturated carbocycles. The molecule has 2 unspecified atom stereocenters. The smallest absolute Gasteiger partial charge is 0.478 e. The highest BCUT2D eigenvalue weighted by Gasteiger charge is 2.50. The number of amides is 2. The van der Waals surface area contributed by atoms with Gasteiger partial charge in [-0.1, -0.05) is 0 Å². The molecule has 394 valence electrons. The van der Waals surface area contributed by atoms with E-state index in [1.807, 2.05) is 12.1 Å². The molecular formula is C44H51N9O17P3S+. The molecule has 2 aromatic heterocycles. The van der Waals surface area contributed by atoms with Crippen LogP contribution < -0.4 is 41.2 Å². The zero-order chi connectivity index (χ0) is 52.9. The van der Waals surface area contributed by atoms with Gasteiger partial charge in [0.25, 0.3) is 5.91 Å². The molecule has 6 atom stereocenters. The lowest BCUT2D eigenvalue weighted by atomic mass is 9.85. The molecule has 3 aromatic carbocycles. The summed E-state index contributed by atoms with van der Waals surface area (Å²) in [5.41, 5.74) is 11.1. The Balaban J connectivity index is 0.935. The standard InChI is InChI=1S/C44H50N9O17P3S/c1-3-51-13-5-7-23-15-28-32(18-30(23)51)66-33-19-31-24(8-6-14-52(31)4-2)16-29(33)35(28)27-17-25(9-10-26(27)43(56)57)41(55)46-11-12-47-44(58)68-38-37(54)34(20-65-71(59,60)69-72(61,62)70-73(63,64)74)67-42(38)53-22-50-36-39(45)48-21-49-40(36)53/h9-10,15-19,21-22,34,37-38,42,54H,3-8,11-14,20H2,1-2H3,(H8-,45,46,47,48,49,55,56,57,58,59,60,61,62,63,64,74)/p+1/t34-,37-,38-,42-/m1/s1. The van der Waals surface area contributed by atoms with Gasteiger partial charge < -0.3 is 65.3 Å². The minimum Gasteiger partial charge on any atom is -0.478 e. The number of aromatic nitrogens is 4. The van der Waals surface area contributed by atoms with Crippen molar-refractivity contribution in [1.82, 2.24) is 34.7 Å². The third kappa shape index (κ3) is 11.1. The lowest BCUT2D eigenvalue weighted by Gasteiger charge is -2.32. The van der Waals surface area contributed by atoms with E-state index in [9.17, 15) is 53.3 Å². The van der Waals surface area contributed by atoms with Gasteiger partial charge in [-0.3, -0.25) is 13.9 Å². The fourth-order valence-electron chi connectivity index (χ4n) is 9.57. The summed E-state index contributed by atoms with van der Waals surface area (Å²) < 4.78 is 59.0. The first-order valence-corrected chi connectivity index (χ1v) is 28.8. The van der Waals surface area contributed by atoms with Crippen LogP contribution in [0, 0.1) is 0 Å². The molecule has 2 amide bonds. The number of nitrogens with zero attached hydrogens (tertiary/aromatic N) is 6. The number of nitrogen functional groups attached to an aromatic ring is 1. The Kier molecular flexibility index (Phi) is 15.1. The van der Waals surface area contributed by atoms with Crippen molar-refractivity contribution in [3.05, 3.63) is 99.1 Å². The van der Waals surface area contributed by atoms with E-state index in [0.717, 1.165) is 80.4 Å². The number of fused-ring (bicyclic) bond motifs is 5. The SMILES string of the molecule is CCN1CCCc2cc3c(cc21)Oc1cc2c(cc1=C3c1cc(C(=O)NCCNC(=O)O[C@@H]3[C@H](O)[C@@H](COP(=O)(O)OP(=O)(O)OP(O)(O)=S)O[C@H]3n3cnc4c(N)ncnc43)ccc1C(=O)O)CCC[N+]=2CC. The van der Waals surface area contributed by atoms with E-state index in [0.29, 0.717) is 33.4 Å². The van der Waals surface area contributed by atoms with Gasteiger partial charge in [-0.25, -0.2) is 42.6 Å². The van der Waals surface area contributed by atoms with Crippen LogP contribution in [-0.4, -0.2) is 131 Å². The van der Waals surface area contributed by atoms with E-state index >= 15 is 0 Å². The van der Waals surface area contributed by atoms with Crippen molar-refractivity contribution < 1.29 is 80.7 Å². The van der Waals surface area contributed by atoms with Crippen LogP contribution in [0.4, 0.5) is 16.3 Å². The fraction of sp³-hybridized carbons (Fsp3) is 0.386. The number of aliphatic hydroxyl groups excluding tert-OH is 1. The molecule has 1 fully saturated rings. The maximum absolute atomic E-state index is 13.9. The monoisotopic (exact) mass is 1100 g/mol. The van der Waals surface area contributed by atoms with E-state index in [4.69, 9.17) is 24.5 Å². The molecule has 74 heavy (non-hydrogen) atoms. The van der Waals surface area contributed by atoms with E-state index < -0.39 is 71.5 Å². The number of hydrogen-bond acceptors (Lipinski definition) is 18. The lowest BCUT2D eigenvalue weighted by molar-refractivity contribution is -0.0522. The highest BCUT2D eigenvalue weighted by atomic mass is 32.5. The molecular weight excluding hydrogens is 1050 g/mol. The number of carbonyl (C=O) groups excluding carboxylic acids is 2. The number of carboxylic acid groups (broad SMARTS) is 1. The number of benzene rings is 3. The molecule has 26 nitrogen and oxygen atoms in total. The number of aromatic carboxylic acids is 1. The molecule has 9 rings (SSSR count). The molecule has 0 aliphatic carbocycles. The third-order valence-corrected chi connectivity index (χ3v) is 17.2. The van der Waals surface area contributed by atoms with Crippen LogP contribution in [0.1, 0.15) is 75.9 Å². The first-order chi connectivity index (χ1) is 35.1. The van der Waals surface area contributed by atoms with E-state index in [1.54, 1.807) is 6.07 Å². The van der Waals surface area contributed by atoms with Crippen LogP contribution in [0.2, 0.25) is 0 Å². The zero-order valence-corrected chi connectivity index (χ0v) is 43.0. The normalized spacial score (nSPS) is 20.8. The number of carbonyl (C=O) groups is 3. The number of nitrogens with two attached hydrogens (primary N) is 1. The van der Waals surface area contributed by atoms with Crippen LogP contribution >= 0.6 is 22.4 Å². The van der Waals surface area contributed by atoms with Crippen molar-refractivity contribution in [2.24, 2.45) is 0 Å². The van der Waals surface area contributed by atoms with Gasteiger partial charge in [0, 0.05) is 71.8 Å². The predicted octanol–water partition coefficient (Wildman–Crippen LogP) is 1.93. The van der Waals surface area contributed by atoms with Crippen molar-refractivity contribution in [1.29, 1.82) is 0 Å². The van der Waals surface area contributed by atoms with Gasteiger partial charge in [0.2, 0.25) is 5.36 Å². The Morgan fingerprint density at radius 1 is 0.932 bits per heavy atom. The maximum atomic E-state index is 13.9. The predicted molar refractivity (Wildman–Crippen MR) is 265 cm³/mol. The number of anilines is 2. The summed E-state index contributed by atoms with van der Waals surface area (Å²) in [5.74, 6) is -0.690. The molecule has 1 saturated heterocycles. The van der Waals surface area contributed by atoms with E-state index in [-0.39, 0.29) is 41.2 Å². The van der Waals surface area contributed by atoms with Gasteiger partial charge in [0.1, 0.15) is 48.6 Å². The highest BCUT2D eigenvalue weighted by molar-refractivity contribution is 8.08. The van der Waals surface area contributed by atoms with Crippen molar-refractivity contribution in [2.45, 2.75) is 64.1 Å². The number of alkyl carbamates (subject to hydrolysis) is 1. The third-order valence-electron chi connectivity index (χ3n) is 12.8. The van der Waals surface area contributed by atoms with Crippen molar-refractivity contribution in [3.8, 4) is 11.5 Å². The number of carboxylic acids is 1. The summed E-state index contributed by atoms with van der Waals surface area (Å²) in [6.07, 6.45) is -1.94. The Bertz CT molecular complexity index is 3380. The molecule has 4 aliphatic rings. The summed E-state index contributed by atoms with van der Waals surface area (Å²) in [4.78, 5) is 92.9. The first kappa shape index (κ1) is 53.1. The topological polar surface area (TPSA) is 362 Å². The number of phosphoric ester groups is 1. The zero-order valence-electron chi connectivity index (χ0n) is 39.5. The second-order valence-corrected chi connectivity index (χ2v) is 23.3. The average molecular weight is 1100 g/mol. The molecule has 4 aliphatic heterocycles. The van der Waals surface area contributed by atoms with E-state index in [2.05, 4.69) is 81.5 Å². The lowest BCUT2D eigenvalue weighted by Crippen LogP contribution is -2.41. The van der Waals surface area contributed by atoms with Crippen LogP contribution in [0.3, 0.4) is 0 Å². The van der Waals surface area contributed by atoms with Gasteiger partial charge >= 0.3 is 34.4 Å². The van der Waals surface area contributed by atoms with Crippen LogP contribution in [0.25, 0.3) is 16.7 Å². The number of hydrogen-bond donors (Lipinski definition) is 9. The number of rotatable bonds is 17. The summed E-state index contributed by atoms with van der Waals surface area (Å²) in [6, 6.07) is 12.5. The Morgan fingerprint density at radius 3 is 2.45 bits per heavy atom. The van der Waals surface area contributed by atoms with Gasteiger partial charge in [0.15, 0.2) is 23.8 Å². The Morgan fingerprint density at radius 2 is 1.70 bits per heavy atom. The number of aryl methyl sites for hydroxylation is 2. The number of phosphoric acid groups is 2. The van der Waals surface area contributed by atoms with Crippen molar-refractivity contribution >= 4 is 80.4 Å². The summed E-state index contributed by atoms with van der Waals surface area (Å²) in [7, 11) is -11.3. The number of aliphatic hydroxyl groups is 1. The summed E-state index contributed by atoms with van der Waals surface area (Å²) >= 11 is 4.10. The molecule has 30 heteroatoms. The van der Waals surface area contributed by atoms with Crippen molar-refractivity contribution in [3.63, 3.8) is 0 Å². The Hall–Kier alpha value is -5.76. The van der Waals surface area contributed by atoms with Gasteiger partial charge in [-0.15, -0.1) is 0 Å². The first-order valence-electron chi connectivity index (χ1n) is 23.2. The summed E-state index contributed by atoms with van der Waals surface area (Å²) in [6.45, 7) is 1.25. The Labute approximate surface area is 425 Å². The minimum absolute atomic E-state index is 0.0275. The largest absolute Gasteiger partial charge is 0.488 e. The molecule has 0 radical (unpaired) electrons. The molecule has 6 heterocycles. The van der Waals surface area contributed by atoms with Gasteiger partial charge in [0.05, 0.1) is 24.6 Å². The van der Waals surface area contributed by atoms with Gasteiger partial charge in [-0.2, -0.15) is 4.31 Å². The molecule has 0 spiro atoms. The maximum Gasteiger partial charge on any atom is 0.488 e. The van der Waals surface area contributed by atoms with Crippen LogP contribution in [0.5, 0.6) is 11.5 Å². The molecule has 10 N–H and O–H groups in total.